The Morgan fingerprint density at radius 3 is 2.00 bits per heavy atom. The van der Waals surface area contributed by atoms with Crippen molar-refractivity contribution >= 4 is 8.32 Å². The maximum Gasteiger partial charge on any atom is 0.192 e. The molecule has 86 valence electrons. The lowest BCUT2D eigenvalue weighted by atomic mass is 10.2. The van der Waals surface area contributed by atoms with E-state index in [0.29, 0.717) is 0 Å². The lowest BCUT2D eigenvalue weighted by molar-refractivity contribution is 0.0366. The molecular formula is C11H26O2Si. The molecule has 0 saturated carbocycles. The second-order valence-corrected chi connectivity index (χ2v) is 10.3. The van der Waals surface area contributed by atoms with Crippen molar-refractivity contribution in [2.75, 3.05) is 0 Å². The lowest BCUT2D eigenvalue weighted by Gasteiger charge is -2.39. The van der Waals surface area contributed by atoms with Gasteiger partial charge in [-0.1, -0.05) is 27.7 Å². The molecule has 0 unspecified atom stereocenters. The maximum absolute atomic E-state index is 9.65. The van der Waals surface area contributed by atoms with Crippen LogP contribution in [-0.2, 0) is 4.43 Å². The molecule has 3 heteroatoms. The van der Waals surface area contributed by atoms with Crippen molar-refractivity contribution in [1.29, 1.82) is 0 Å². The van der Waals surface area contributed by atoms with E-state index in [4.69, 9.17) is 4.43 Å². The molecule has 0 aliphatic carbocycles. The van der Waals surface area contributed by atoms with Gasteiger partial charge < -0.3 is 9.53 Å². The van der Waals surface area contributed by atoms with Gasteiger partial charge in [-0.25, -0.2) is 0 Å². The van der Waals surface area contributed by atoms with E-state index in [1.54, 1.807) is 0 Å². The molecule has 0 aliphatic rings. The monoisotopic (exact) mass is 218 g/mol. The first-order valence-electron chi connectivity index (χ1n) is 5.47. The third-order valence-electron chi connectivity index (χ3n) is 3.25. The van der Waals surface area contributed by atoms with Crippen LogP contribution in [0.1, 0.15) is 41.0 Å². The van der Waals surface area contributed by atoms with Crippen LogP contribution in [0.25, 0.3) is 0 Å². The molecule has 2 nitrogen and oxygen atoms in total. The number of aliphatic hydroxyl groups excluding tert-OH is 1. The SMILES string of the molecule is CC[C@@H](O)[C@H](C)O[Si](C)(C)C(C)(C)C. The molecule has 0 saturated heterocycles. The van der Waals surface area contributed by atoms with Gasteiger partial charge in [0.05, 0.1) is 12.2 Å². The van der Waals surface area contributed by atoms with Crippen LogP contribution in [0.2, 0.25) is 18.1 Å². The largest absolute Gasteiger partial charge is 0.412 e. The summed E-state index contributed by atoms with van der Waals surface area (Å²) in [4.78, 5) is 0. The van der Waals surface area contributed by atoms with E-state index in [9.17, 15) is 5.11 Å². The zero-order valence-corrected chi connectivity index (χ0v) is 11.7. The highest BCUT2D eigenvalue weighted by molar-refractivity contribution is 6.74. The van der Waals surface area contributed by atoms with Crippen LogP contribution >= 0.6 is 0 Å². The average molecular weight is 218 g/mol. The lowest BCUT2D eigenvalue weighted by Crippen LogP contribution is -2.46. The van der Waals surface area contributed by atoms with Crippen LogP contribution in [0, 0.1) is 0 Å². The molecule has 14 heavy (non-hydrogen) atoms. The molecule has 0 fully saturated rings. The standard InChI is InChI=1S/C11H26O2Si/c1-8-10(12)9(2)13-14(6,7)11(3,4)5/h9-10,12H,8H2,1-7H3/t9-,10+/m0/s1. The van der Waals surface area contributed by atoms with Gasteiger partial charge in [0.25, 0.3) is 0 Å². The van der Waals surface area contributed by atoms with Crippen molar-refractivity contribution in [3.8, 4) is 0 Å². The van der Waals surface area contributed by atoms with Crippen LogP contribution in [0.15, 0.2) is 0 Å². The van der Waals surface area contributed by atoms with Crippen LogP contribution in [0.4, 0.5) is 0 Å². The van der Waals surface area contributed by atoms with E-state index in [1.807, 2.05) is 13.8 Å². The molecule has 0 aromatic heterocycles. The van der Waals surface area contributed by atoms with E-state index >= 15 is 0 Å². The van der Waals surface area contributed by atoms with Crippen LogP contribution in [0.3, 0.4) is 0 Å². The fourth-order valence-corrected chi connectivity index (χ4v) is 2.49. The molecule has 0 bridgehead atoms. The number of hydrogen-bond donors (Lipinski definition) is 1. The van der Waals surface area contributed by atoms with Gasteiger partial charge in [0.2, 0.25) is 0 Å². The molecule has 0 aromatic rings. The van der Waals surface area contributed by atoms with E-state index in [-0.39, 0.29) is 17.2 Å². The van der Waals surface area contributed by atoms with Gasteiger partial charge in [-0.2, -0.15) is 0 Å². The average Bonchev–Trinajstić information content (AvgIpc) is 2.00. The summed E-state index contributed by atoms with van der Waals surface area (Å²) in [5, 5.41) is 9.87. The Balaban J connectivity index is 4.36. The Kier molecular flexibility index (Phi) is 4.82. The van der Waals surface area contributed by atoms with Gasteiger partial charge in [-0.3, -0.25) is 0 Å². The van der Waals surface area contributed by atoms with Gasteiger partial charge in [-0.15, -0.1) is 0 Å². The molecule has 1 N–H and O–H groups in total. The van der Waals surface area contributed by atoms with E-state index in [0.717, 1.165) is 6.42 Å². The van der Waals surface area contributed by atoms with Gasteiger partial charge in [0, 0.05) is 0 Å². The Hall–Kier alpha value is 0.137. The Morgan fingerprint density at radius 1 is 1.29 bits per heavy atom. The summed E-state index contributed by atoms with van der Waals surface area (Å²) in [5.74, 6) is 0. The molecule has 0 rings (SSSR count). The van der Waals surface area contributed by atoms with Crippen molar-refractivity contribution < 1.29 is 9.53 Å². The number of hydrogen-bond acceptors (Lipinski definition) is 2. The number of aliphatic hydroxyl groups is 1. The normalized spacial score (nSPS) is 18.0. The van der Waals surface area contributed by atoms with Gasteiger partial charge >= 0.3 is 0 Å². The fraction of sp³-hybridized carbons (Fsp3) is 1.00. The van der Waals surface area contributed by atoms with Crippen LogP contribution in [0.5, 0.6) is 0 Å². The fourth-order valence-electron chi connectivity index (χ4n) is 1.05. The first-order valence-corrected chi connectivity index (χ1v) is 8.38. The van der Waals surface area contributed by atoms with Crippen LogP contribution in [-0.4, -0.2) is 25.6 Å². The molecule has 0 spiro atoms. The highest BCUT2D eigenvalue weighted by Crippen LogP contribution is 2.37. The minimum Gasteiger partial charge on any atom is -0.412 e. The first-order chi connectivity index (χ1) is 6.12. The number of rotatable bonds is 4. The summed E-state index contributed by atoms with van der Waals surface area (Å²) < 4.78 is 6.04. The Labute approximate surface area is 89.8 Å². The Morgan fingerprint density at radius 2 is 1.71 bits per heavy atom. The van der Waals surface area contributed by atoms with Gasteiger partial charge in [0.15, 0.2) is 8.32 Å². The third kappa shape index (κ3) is 3.71. The zero-order valence-electron chi connectivity index (χ0n) is 10.7. The Bertz CT molecular complexity index is 173. The predicted octanol–water partition coefficient (Wildman–Crippen LogP) is 3.17. The summed E-state index contributed by atoms with van der Waals surface area (Å²) in [7, 11) is -1.71. The summed E-state index contributed by atoms with van der Waals surface area (Å²) in [6.07, 6.45) is 0.389. The predicted molar refractivity (Wildman–Crippen MR) is 64.0 cm³/mol. The second-order valence-electron chi connectivity index (χ2n) is 5.56. The summed E-state index contributed by atoms with van der Waals surface area (Å²) >= 11 is 0. The molecule has 0 amide bonds. The van der Waals surface area contributed by atoms with Crippen molar-refractivity contribution in [2.45, 2.75) is 71.4 Å². The second kappa shape index (κ2) is 4.77. The van der Waals surface area contributed by atoms with E-state index < -0.39 is 8.32 Å². The third-order valence-corrected chi connectivity index (χ3v) is 7.82. The van der Waals surface area contributed by atoms with Crippen molar-refractivity contribution in [2.24, 2.45) is 0 Å². The van der Waals surface area contributed by atoms with Crippen molar-refractivity contribution in [3.05, 3.63) is 0 Å². The van der Waals surface area contributed by atoms with Crippen molar-refractivity contribution in [1.82, 2.24) is 0 Å². The zero-order chi connectivity index (χ0) is 11.6. The van der Waals surface area contributed by atoms with Gasteiger partial charge in [0.1, 0.15) is 0 Å². The smallest absolute Gasteiger partial charge is 0.192 e. The van der Waals surface area contributed by atoms with E-state index in [2.05, 4.69) is 33.9 Å². The molecule has 2 atom stereocenters. The molecular weight excluding hydrogens is 192 g/mol. The molecule has 0 heterocycles. The first kappa shape index (κ1) is 14.1. The quantitative estimate of drug-likeness (QED) is 0.734. The van der Waals surface area contributed by atoms with Crippen LogP contribution < -0.4 is 0 Å². The minimum absolute atomic E-state index is 0.0408. The highest BCUT2D eigenvalue weighted by Gasteiger charge is 2.39. The van der Waals surface area contributed by atoms with Gasteiger partial charge in [-0.05, 0) is 31.5 Å². The molecule has 0 aliphatic heterocycles. The summed E-state index contributed by atoms with van der Waals surface area (Å²) in [6, 6.07) is 0. The molecule has 0 radical (unpaired) electrons. The topological polar surface area (TPSA) is 29.5 Å². The summed E-state index contributed by atoms with van der Waals surface area (Å²) in [6.45, 7) is 15.0. The van der Waals surface area contributed by atoms with Crippen molar-refractivity contribution in [3.63, 3.8) is 0 Å². The maximum atomic E-state index is 9.65. The van der Waals surface area contributed by atoms with E-state index in [1.165, 1.54) is 0 Å². The highest BCUT2D eigenvalue weighted by atomic mass is 28.4. The molecule has 0 aromatic carbocycles. The minimum atomic E-state index is -1.71. The summed E-state index contributed by atoms with van der Waals surface area (Å²) in [5.41, 5.74) is 0.